The molecule has 0 amide bonds. The molecule has 1 heterocycles. The summed E-state index contributed by atoms with van der Waals surface area (Å²) in [7, 11) is 0. The topological polar surface area (TPSA) is 38.9 Å². The van der Waals surface area contributed by atoms with Gasteiger partial charge in [0.1, 0.15) is 11.4 Å². The highest BCUT2D eigenvalue weighted by atomic mass is 16.6. The van der Waals surface area contributed by atoms with Gasteiger partial charge >= 0.3 is 0 Å². The van der Waals surface area contributed by atoms with Crippen molar-refractivity contribution in [2.45, 2.75) is 33.1 Å². The van der Waals surface area contributed by atoms with Crippen LogP contribution in [0.2, 0.25) is 0 Å². The highest BCUT2D eigenvalue weighted by molar-refractivity contribution is 5.04. The fourth-order valence-corrected chi connectivity index (χ4v) is 0.820. The molecular formula is C7H12N2O. The minimum atomic E-state index is 0.924. The van der Waals surface area contributed by atoms with Gasteiger partial charge in [-0.15, -0.1) is 0 Å². The van der Waals surface area contributed by atoms with E-state index in [4.69, 9.17) is 0 Å². The van der Waals surface area contributed by atoms with Crippen LogP contribution in [0, 0.1) is 6.92 Å². The van der Waals surface area contributed by atoms with Gasteiger partial charge in [0, 0.05) is 0 Å². The number of rotatable bonds is 3. The molecule has 3 heteroatoms. The maximum atomic E-state index is 4.54. The van der Waals surface area contributed by atoms with Gasteiger partial charge in [0.15, 0.2) is 0 Å². The van der Waals surface area contributed by atoms with E-state index in [1.165, 1.54) is 6.42 Å². The third-order valence-corrected chi connectivity index (χ3v) is 1.51. The first kappa shape index (κ1) is 7.25. The molecule has 1 aromatic rings. The maximum absolute atomic E-state index is 4.54. The monoisotopic (exact) mass is 140 g/mol. The quantitative estimate of drug-likeness (QED) is 0.641. The van der Waals surface area contributed by atoms with Crippen LogP contribution in [0.5, 0.6) is 0 Å². The molecule has 1 aromatic heterocycles. The van der Waals surface area contributed by atoms with E-state index in [0.29, 0.717) is 0 Å². The first-order chi connectivity index (χ1) is 4.84. The van der Waals surface area contributed by atoms with Crippen molar-refractivity contribution in [1.82, 2.24) is 10.3 Å². The van der Waals surface area contributed by atoms with Crippen LogP contribution >= 0.6 is 0 Å². The molecule has 0 unspecified atom stereocenters. The fraction of sp³-hybridized carbons (Fsp3) is 0.714. The van der Waals surface area contributed by atoms with Crippen LogP contribution in [0.15, 0.2) is 4.63 Å². The Morgan fingerprint density at radius 1 is 1.40 bits per heavy atom. The molecule has 0 aromatic carbocycles. The number of nitrogens with zero attached hydrogens (tertiary/aromatic N) is 2. The Hall–Kier alpha value is -0.860. The molecule has 56 valence electrons. The summed E-state index contributed by atoms with van der Waals surface area (Å²) in [5.41, 5.74) is 1.93. The van der Waals surface area contributed by atoms with Crippen LogP contribution in [0.1, 0.15) is 31.2 Å². The molecule has 0 saturated heterocycles. The van der Waals surface area contributed by atoms with Gasteiger partial charge in [-0.05, 0) is 19.8 Å². The number of hydrogen-bond donors (Lipinski definition) is 0. The molecule has 0 aliphatic rings. The van der Waals surface area contributed by atoms with Crippen molar-refractivity contribution in [1.29, 1.82) is 0 Å². The second-order valence-corrected chi connectivity index (χ2v) is 2.40. The molecule has 1 rings (SSSR count). The summed E-state index contributed by atoms with van der Waals surface area (Å²) in [5, 5.41) is 7.45. The number of unbranched alkanes of at least 4 members (excludes halogenated alkanes) is 1. The fourth-order valence-electron chi connectivity index (χ4n) is 0.820. The Bertz CT molecular complexity index is 195. The van der Waals surface area contributed by atoms with Crippen LogP contribution in [0.3, 0.4) is 0 Å². The lowest BCUT2D eigenvalue weighted by Gasteiger charge is -1.90. The van der Waals surface area contributed by atoms with Crippen molar-refractivity contribution >= 4 is 0 Å². The van der Waals surface area contributed by atoms with Crippen molar-refractivity contribution in [3.8, 4) is 0 Å². The van der Waals surface area contributed by atoms with Crippen molar-refractivity contribution in [3.63, 3.8) is 0 Å². The summed E-state index contributed by atoms with van der Waals surface area (Å²) in [5.74, 6) is 0. The second-order valence-electron chi connectivity index (χ2n) is 2.40. The van der Waals surface area contributed by atoms with Crippen LogP contribution in [-0.2, 0) is 6.42 Å². The molecule has 0 atom stereocenters. The number of aryl methyl sites for hydroxylation is 2. The zero-order chi connectivity index (χ0) is 7.40. The zero-order valence-electron chi connectivity index (χ0n) is 6.42. The summed E-state index contributed by atoms with van der Waals surface area (Å²) in [6.45, 7) is 4.07. The molecule has 0 radical (unpaired) electrons. The smallest absolute Gasteiger partial charge is 0.108 e. The van der Waals surface area contributed by atoms with Gasteiger partial charge < -0.3 is 0 Å². The van der Waals surface area contributed by atoms with Crippen LogP contribution in [0.25, 0.3) is 0 Å². The van der Waals surface area contributed by atoms with Gasteiger partial charge in [0.25, 0.3) is 0 Å². The van der Waals surface area contributed by atoms with Crippen molar-refractivity contribution in [3.05, 3.63) is 11.4 Å². The number of hydrogen-bond acceptors (Lipinski definition) is 3. The van der Waals surface area contributed by atoms with E-state index in [1.807, 2.05) is 6.92 Å². The van der Waals surface area contributed by atoms with Crippen molar-refractivity contribution in [2.24, 2.45) is 0 Å². The largest absolute Gasteiger partial charge is 0.244 e. The molecular weight excluding hydrogens is 128 g/mol. The van der Waals surface area contributed by atoms with E-state index >= 15 is 0 Å². The van der Waals surface area contributed by atoms with Crippen LogP contribution < -0.4 is 0 Å². The Labute approximate surface area is 60.4 Å². The molecule has 0 aliphatic heterocycles. The lowest BCUT2D eigenvalue weighted by atomic mass is 10.2. The van der Waals surface area contributed by atoms with E-state index in [0.717, 1.165) is 24.2 Å². The highest BCUT2D eigenvalue weighted by Crippen LogP contribution is 2.04. The minimum absolute atomic E-state index is 0.924. The second kappa shape index (κ2) is 3.34. The minimum Gasteiger partial charge on any atom is -0.244 e. The first-order valence-corrected chi connectivity index (χ1v) is 3.62. The third kappa shape index (κ3) is 1.56. The Kier molecular flexibility index (Phi) is 2.42. The average molecular weight is 140 g/mol. The molecule has 0 spiro atoms. The normalized spacial score (nSPS) is 10.2. The number of aromatic nitrogens is 2. The molecule has 10 heavy (non-hydrogen) atoms. The SMILES string of the molecule is CCCCc1nonc1C. The highest BCUT2D eigenvalue weighted by Gasteiger charge is 2.02. The molecule has 3 nitrogen and oxygen atoms in total. The molecule has 0 aliphatic carbocycles. The van der Waals surface area contributed by atoms with Crippen LogP contribution in [0.4, 0.5) is 0 Å². The van der Waals surface area contributed by atoms with E-state index in [9.17, 15) is 0 Å². The lowest BCUT2D eigenvalue weighted by molar-refractivity contribution is 0.301. The van der Waals surface area contributed by atoms with Gasteiger partial charge in [-0.1, -0.05) is 23.7 Å². The van der Waals surface area contributed by atoms with E-state index in [-0.39, 0.29) is 0 Å². The maximum Gasteiger partial charge on any atom is 0.108 e. The van der Waals surface area contributed by atoms with Gasteiger partial charge in [-0.25, -0.2) is 4.63 Å². The summed E-state index contributed by atoms with van der Waals surface area (Å²) in [6, 6.07) is 0. The predicted molar refractivity (Wildman–Crippen MR) is 37.6 cm³/mol. The van der Waals surface area contributed by atoms with E-state index in [2.05, 4.69) is 21.9 Å². The molecule has 0 bridgehead atoms. The van der Waals surface area contributed by atoms with E-state index in [1.54, 1.807) is 0 Å². The van der Waals surface area contributed by atoms with Crippen molar-refractivity contribution < 1.29 is 4.63 Å². The summed E-state index contributed by atoms with van der Waals surface area (Å²) in [6.07, 6.45) is 3.34. The van der Waals surface area contributed by atoms with Gasteiger partial charge in [0.2, 0.25) is 0 Å². The first-order valence-electron chi connectivity index (χ1n) is 3.62. The Morgan fingerprint density at radius 3 is 2.70 bits per heavy atom. The summed E-state index contributed by atoms with van der Waals surface area (Å²) in [4.78, 5) is 0. The van der Waals surface area contributed by atoms with E-state index < -0.39 is 0 Å². The van der Waals surface area contributed by atoms with Gasteiger partial charge in [-0.3, -0.25) is 0 Å². The Morgan fingerprint density at radius 2 is 2.20 bits per heavy atom. The lowest BCUT2D eigenvalue weighted by Crippen LogP contribution is -1.87. The predicted octanol–water partition coefficient (Wildman–Crippen LogP) is 1.72. The molecule has 0 fully saturated rings. The average Bonchev–Trinajstić information content (AvgIpc) is 2.31. The summed E-state index contributed by atoms with van der Waals surface area (Å²) < 4.78 is 4.54. The standard InChI is InChI=1S/C7H12N2O/c1-3-4-5-7-6(2)8-10-9-7/h3-5H2,1-2H3. The third-order valence-electron chi connectivity index (χ3n) is 1.51. The van der Waals surface area contributed by atoms with Gasteiger partial charge in [-0.2, -0.15) is 0 Å². The summed E-state index contributed by atoms with van der Waals surface area (Å²) >= 11 is 0. The van der Waals surface area contributed by atoms with Crippen LogP contribution in [-0.4, -0.2) is 10.3 Å². The molecule has 0 saturated carbocycles. The Balaban J connectivity index is 2.49. The van der Waals surface area contributed by atoms with Crippen molar-refractivity contribution in [2.75, 3.05) is 0 Å². The zero-order valence-corrected chi connectivity index (χ0v) is 6.42. The molecule has 0 N–H and O–H groups in total. The van der Waals surface area contributed by atoms with Gasteiger partial charge in [0.05, 0.1) is 0 Å².